The van der Waals surface area contributed by atoms with E-state index in [2.05, 4.69) is 4.89 Å². The molecule has 120 valence electrons. The Kier molecular flexibility index (Phi) is 4.66. The number of aryl methyl sites for hydroxylation is 1. The molecule has 2 aromatic rings. The van der Waals surface area contributed by atoms with Crippen LogP contribution < -0.4 is 0 Å². The average Bonchev–Trinajstić information content (AvgIpc) is 2.52. The second-order valence-electron chi connectivity index (χ2n) is 6.53. The van der Waals surface area contributed by atoms with Gasteiger partial charge in [-0.25, -0.2) is 4.79 Å². The van der Waals surface area contributed by atoms with E-state index in [0.29, 0.717) is 16.7 Å². The van der Waals surface area contributed by atoms with E-state index in [1.807, 2.05) is 45.9 Å². The van der Waals surface area contributed by atoms with Crippen molar-refractivity contribution >= 4 is 11.8 Å². The number of rotatable bonds is 3. The average molecular weight is 312 g/mol. The van der Waals surface area contributed by atoms with Gasteiger partial charge in [0.05, 0.1) is 5.56 Å². The molecule has 0 fully saturated rings. The smallest absolute Gasteiger partial charge is 0.295 e. The van der Waals surface area contributed by atoms with Gasteiger partial charge in [-0.3, -0.25) is 9.68 Å². The van der Waals surface area contributed by atoms with Gasteiger partial charge in [0.15, 0.2) is 5.78 Å². The molecule has 0 bridgehead atoms. The largest absolute Gasteiger partial charge is 0.373 e. The molecule has 0 aliphatic rings. The summed E-state index contributed by atoms with van der Waals surface area (Å²) in [6.07, 6.45) is 0. The molecule has 0 saturated heterocycles. The maximum atomic E-state index is 12.7. The zero-order valence-corrected chi connectivity index (χ0v) is 13.7. The minimum atomic E-state index is -0.829. The van der Waals surface area contributed by atoms with Crippen LogP contribution in [-0.2, 0) is 10.3 Å². The third-order valence-electron chi connectivity index (χ3n) is 3.78. The molecule has 2 rings (SSSR count). The molecule has 0 spiro atoms. The van der Waals surface area contributed by atoms with Crippen molar-refractivity contribution in [1.82, 2.24) is 0 Å². The van der Waals surface area contributed by atoms with Crippen molar-refractivity contribution in [2.45, 2.75) is 33.1 Å². The highest BCUT2D eigenvalue weighted by Gasteiger charge is 2.25. The Morgan fingerprint density at radius 2 is 1.65 bits per heavy atom. The van der Waals surface area contributed by atoms with Gasteiger partial charge >= 0.3 is 5.97 Å². The highest BCUT2D eigenvalue weighted by Crippen LogP contribution is 2.28. The van der Waals surface area contributed by atoms with Crippen LogP contribution in [-0.4, -0.2) is 17.0 Å². The lowest BCUT2D eigenvalue weighted by atomic mass is 9.82. The van der Waals surface area contributed by atoms with Crippen LogP contribution in [0.25, 0.3) is 0 Å². The third kappa shape index (κ3) is 3.48. The van der Waals surface area contributed by atoms with Crippen LogP contribution in [0.4, 0.5) is 0 Å². The van der Waals surface area contributed by atoms with Crippen molar-refractivity contribution in [3.8, 4) is 0 Å². The van der Waals surface area contributed by atoms with Gasteiger partial charge in [-0.15, -0.1) is 0 Å². The van der Waals surface area contributed by atoms with E-state index >= 15 is 0 Å². The fraction of sp³-hybridized carbons (Fsp3) is 0.263. The number of hydrogen-bond acceptors (Lipinski definition) is 4. The lowest BCUT2D eigenvalue weighted by molar-refractivity contribution is -0.182. The number of carbonyl (C=O) groups is 2. The first-order valence-electron chi connectivity index (χ1n) is 7.36. The van der Waals surface area contributed by atoms with Crippen molar-refractivity contribution in [1.29, 1.82) is 0 Å². The number of carbonyl (C=O) groups excluding carboxylic acids is 2. The van der Waals surface area contributed by atoms with E-state index in [-0.39, 0.29) is 16.8 Å². The lowest BCUT2D eigenvalue weighted by Crippen LogP contribution is -2.19. The van der Waals surface area contributed by atoms with Crippen LogP contribution >= 0.6 is 0 Å². The predicted octanol–water partition coefficient (Wildman–Crippen LogP) is 4.15. The van der Waals surface area contributed by atoms with Crippen LogP contribution in [0.3, 0.4) is 0 Å². The normalized spacial score (nSPS) is 11.2. The first kappa shape index (κ1) is 16.9. The maximum Gasteiger partial charge on any atom is 0.373 e. The SMILES string of the molecule is Cc1ccccc1C(=O)c1ccc(C(=O)OO)c(C(C)(C)C)c1. The molecule has 23 heavy (non-hydrogen) atoms. The van der Waals surface area contributed by atoms with Gasteiger partial charge in [-0.05, 0) is 35.6 Å². The van der Waals surface area contributed by atoms with Crippen molar-refractivity contribution in [2.75, 3.05) is 0 Å². The van der Waals surface area contributed by atoms with E-state index < -0.39 is 5.97 Å². The van der Waals surface area contributed by atoms with Crippen LogP contribution in [0.1, 0.15) is 58.2 Å². The predicted molar refractivity (Wildman–Crippen MR) is 87.8 cm³/mol. The molecule has 4 nitrogen and oxygen atoms in total. The number of hydrogen-bond donors (Lipinski definition) is 1. The zero-order valence-electron chi connectivity index (χ0n) is 13.7. The Morgan fingerprint density at radius 3 is 2.22 bits per heavy atom. The van der Waals surface area contributed by atoms with Crippen molar-refractivity contribution in [2.24, 2.45) is 0 Å². The molecule has 0 radical (unpaired) electrons. The number of ketones is 1. The minimum absolute atomic E-state index is 0.0995. The summed E-state index contributed by atoms with van der Waals surface area (Å²) in [5.41, 5.74) is 2.54. The Labute approximate surface area is 135 Å². The Hall–Kier alpha value is -2.46. The molecule has 2 aromatic carbocycles. The summed E-state index contributed by atoms with van der Waals surface area (Å²) in [5.74, 6) is -0.928. The van der Waals surface area contributed by atoms with Crippen molar-refractivity contribution in [3.63, 3.8) is 0 Å². The maximum absolute atomic E-state index is 12.7. The topological polar surface area (TPSA) is 63.6 Å². The molecular formula is C19H20O4. The molecule has 0 atom stereocenters. The molecule has 0 unspecified atom stereocenters. The van der Waals surface area contributed by atoms with Gasteiger partial charge in [0.2, 0.25) is 0 Å². The molecule has 0 heterocycles. The summed E-state index contributed by atoms with van der Waals surface area (Å²) in [7, 11) is 0. The van der Waals surface area contributed by atoms with Gasteiger partial charge in [-0.1, -0.05) is 51.1 Å². The molecule has 0 aromatic heterocycles. The quantitative estimate of drug-likeness (QED) is 0.525. The summed E-state index contributed by atoms with van der Waals surface area (Å²) in [6.45, 7) is 7.67. The summed E-state index contributed by atoms with van der Waals surface area (Å²) in [5, 5.41) is 8.65. The molecular weight excluding hydrogens is 292 g/mol. The first-order chi connectivity index (χ1) is 10.8. The minimum Gasteiger partial charge on any atom is -0.295 e. The van der Waals surface area contributed by atoms with E-state index in [1.165, 1.54) is 6.07 Å². The van der Waals surface area contributed by atoms with Crippen molar-refractivity contribution in [3.05, 3.63) is 70.3 Å². The molecule has 1 N–H and O–H groups in total. The summed E-state index contributed by atoms with van der Waals surface area (Å²) >= 11 is 0. The Bertz CT molecular complexity index is 754. The standard InChI is InChI=1S/C19H20O4/c1-12-7-5-6-8-14(12)17(20)13-9-10-15(18(21)23-22)16(11-13)19(2,3)4/h5-11,22H,1-4H3. The van der Waals surface area contributed by atoms with Gasteiger partial charge < -0.3 is 0 Å². The van der Waals surface area contributed by atoms with Gasteiger partial charge in [-0.2, -0.15) is 5.26 Å². The molecule has 0 aliphatic heterocycles. The van der Waals surface area contributed by atoms with Crippen LogP contribution in [0.5, 0.6) is 0 Å². The van der Waals surface area contributed by atoms with E-state index in [0.717, 1.165) is 5.56 Å². The molecule has 0 aliphatic carbocycles. The molecule has 0 saturated carbocycles. The zero-order chi connectivity index (χ0) is 17.2. The van der Waals surface area contributed by atoms with Crippen LogP contribution in [0.2, 0.25) is 0 Å². The number of benzene rings is 2. The molecule has 0 amide bonds. The van der Waals surface area contributed by atoms with Crippen LogP contribution in [0.15, 0.2) is 42.5 Å². The first-order valence-corrected chi connectivity index (χ1v) is 7.36. The molecule has 4 heteroatoms. The van der Waals surface area contributed by atoms with Crippen molar-refractivity contribution < 1.29 is 19.7 Å². The second-order valence-corrected chi connectivity index (χ2v) is 6.53. The summed E-state index contributed by atoms with van der Waals surface area (Å²) in [6, 6.07) is 12.2. The third-order valence-corrected chi connectivity index (χ3v) is 3.78. The Morgan fingerprint density at radius 1 is 1.00 bits per heavy atom. The summed E-state index contributed by atoms with van der Waals surface area (Å²) < 4.78 is 0. The van der Waals surface area contributed by atoms with Crippen LogP contribution in [0, 0.1) is 6.92 Å². The second kappa shape index (κ2) is 6.34. The van der Waals surface area contributed by atoms with E-state index in [1.54, 1.807) is 18.2 Å². The van der Waals surface area contributed by atoms with Gasteiger partial charge in [0, 0.05) is 11.1 Å². The lowest BCUT2D eigenvalue weighted by Gasteiger charge is -2.22. The summed E-state index contributed by atoms with van der Waals surface area (Å²) in [4.78, 5) is 28.3. The van der Waals surface area contributed by atoms with E-state index in [9.17, 15) is 9.59 Å². The van der Waals surface area contributed by atoms with Gasteiger partial charge in [0.25, 0.3) is 0 Å². The Balaban J connectivity index is 2.56. The highest BCUT2D eigenvalue weighted by atomic mass is 17.1. The highest BCUT2D eigenvalue weighted by molar-refractivity contribution is 6.10. The fourth-order valence-electron chi connectivity index (χ4n) is 2.52. The van der Waals surface area contributed by atoms with E-state index in [4.69, 9.17) is 5.26 Å². The fourth-order valence-corrected chi connectivity index (χ4v) is 2.52. The van der Waals surface area contributed by atoms with Gasteiger partial charge in [0.1, 0.15) is 0 Å². The monoisotopic (exact) mass is 312 g/mol.